The molecular weight excluding hydrogens is 252 g/mol. The molecule has 0 saturated carbocycles. The predicted octanol–water partition coefficient (Wildman–Crippen LogP) is 2.77. The van der Waals surface area contributed by atoms with E-state index in [1.54, 1.807) is 9.69 Å². The van der Waals surface area contributed by atoms with Gasteiger partial charge in [0, 0.05) is 20.2 Å². The fourth-order valence-corrected chi connectivity index (χ4v) is 1.97. The van der Waals surface area contributed by atoms with Crippen molar-refractivity contribution >= 4 is 34.2 Å². The Morgan fingerprint density at radius 3 is 2.69 bits per heavy atom. The maximum absolute atomic E-state index is 13.4. The highest BCUT2D eigenvalue weighted by molar-refractivity contribution is 6.31. The van der Waals surface area contributed by atoms with E-state index in [9.17, 15) is 4.39 Å². The van der Waals surface area contributed by atoms with Crippen molar-refractivity contribution in [1.82, 2.24) is 9.66 Å². The second-order valence-electron chi connectivity index (χ2n) is 3.58. The predicted molar refractivity (Wildman–Crippen MR) is 64.3 cm³/mol. The smallest absolute Gasteiger partial charge is 0.144 e. The zero-order valence-electron chi connectivity index (χ0n) is 8.84. The van der Waals surface area contributed by atoms with E-state index in [0.717, 1.165) is 0 Å². The molecule has 0 N–H and O–H groups in total. The van der Waals surface area contributed by atoms with E-state index in [4.69, 9.17) is 23.2 Å². The van der Waals surface area contributed by atoms with Crippen LogP contribution in [-0.4, -0.2) is 23.8 Å². The van der Waals surface area contributed by atoms with Crippen LogP contribution in [0.4, 0.5) is 4.39 Å². The average molecular weight is 262 g/mol. The molecule has 0 atom stereocenters. The third-order valence-corrected chi connectivity index (χ3v) is 2.79. The Bertz CT molecular complexity index is 536. The van der Waals surface area contributed by atoms with Crippen molar-refractivity contribution < 1.29 is 4.39 Å². The van der Waals surface area contributed by atoms with E-state index in [2.05, 4.69) is 4.98 Å². The minimum atomic E-state index is -0.460. The fraction of sp³-hybridized carbons (Fsp3) is 0.300. The Balaban J connectivity index is 2.79. The number of hydrogen-bond donors (Lipinski definition) is 0. The lowest BCUT2D eigenvalue weighted by molar-refractivity contribution is 0.628. The first-order chi connectivity index (χ1) is 7.54. The summed E-state index contributed by atoms with van der Waals surface area (Å²) >= 11 is 11.5. The summed E-state index contributed by atoms with van der Waals surface area (Å²) in [5.41, 5.74) is 1.29. The van der Waals surface area contributed by atoms with Crippen LogP contribution in [0.2, 0.25) is 5.02 Å². The lowest BCUT2D eigenvalue weighted by atomic mass is 10.3. The van der Waals surface area contributed by atoms with Gasteiger partial charge in [-0.25, -0.2) is 14.1 Å². The highest BCUT2D eigenvalue weighted by Crippen LogP contribution is 2.24. The van der Waals surface area contributed by atoms with Gasteiger partial charge in [-0.2, -0.15) is 0 Å². The van der Waals surface area contributed by atoms with Crippen LogP contribution in [-0.2, 0) is 5.88 Å². The molecule has 2 rings (SSSR count). The molecule has 0 bridgehead atoms. The minimum Gasteiger partial charge on any atom is -0.317 e. The number of fused-ring (bicyclic) bond motifs is 1. The molecule has 6 heteroatoms. The number of aromatic nitrogens is 2. The molecule has 0 spiro atoms. The van der Waals surface area contributed by atoms with Crippen LogP contribution < -0.4 is 5.01 Å². The molecule has 0 radical (unpaired) electrons. The minimum absolute atomic E-state index is 0.0667. The highest BCUT2D eigenvalue weighted by Gasteiger charge is 2.14. The molecule has 0 fully saturated rings. The normalized spacial score (nSPS) is 11.1. The van der Waals surface area contributed by atoms with Crippen LogP contribution in [0, 0.1) is 5.82 Å². The summed E-state index contributed by atoms with van der Waals surface area (Å²) < 4.78 is 15.1. The second kappa shape index (κ2) is 4.11. The van der Waals surface area contributed by atoms with Crippen LogP contribution in [0.5, 0.6) is 0 Å². The average Bonchev–Trinajstić information content (AvgIpc) is 2.56. The van der Waals surface area contributed by atoms with Gasteiger partial charge in [0.05, 0.1) is 21.9 Å². The van der Waals surface area contributed by atoms with Crippen molar-refractivity contribution in [2.45, 2.75) is 5.88 Å². The van der Waals surface area contributed by atoms with Crippen LogP contribution >= 0.6 is 23.2 Å². The van der Waals surface area contributed by atoms with E-state index in [1.807, 2.05) is 14.1 Å². The molecule has 1 aromatic heterocycles. The molecule has 0 aliphatic heterocycles. The van der Waals surface area contributed by atoms with Crippen molar-refractivity contribution in [3.05, 3.63) is 28.8 Å². The largest absolute Gasteiger partial charge is 0.317 e. The molecule has 3 nitrogen and oxygen atoms in total. The van der Waals surface area contributed by atoms with Gasteiger partial charge in [0.15, 0.2) is 0 Å². The quantitative estimate of drug-likeness (QED) is 0.776. The molecule has 86 valence electrons. The lowest BCUT2D eigenvalue weighted by Gasteiger charge is -2.17. The summed E-state index contributed by atoms with van der Waals surface area (Å²) in [7, 11) is 3.67. The third kappa shape index (κ3) is 1.72. The zero-order valence-corrected chi connectivity index (χ0v) is 10.3. The Kier molecular flexibility index (Phi) is 2.95. The van der Waals surface area contributed by atoms with Crippen molar-refractivity contribution in [1.29, 1.82) is 0 Å². The number of benzene rings is 1. The molecule has 2 aromatic rings. The maximum atomic E-state index is 13.4. The number of halogens is 3. The topological polar surface area (TPSA) is 21.1 Å². The third-order valence-electron chi connectivity index (χ3n) is 2.26. The summed E-state index contributed by atoms with van der Waals surface area (Å²) in [6.45, 7) is 0. The van der Waals surface area contributed by atoms with Gasteiger partial charge in [-0.15, -0.1) is 11.6 Å². The van der Waals surface area contributed by atoms with Gasteiger partial charge in [0.25, 0.3) is 0 Å². The number of alkyl halides is 1. The summed E-state index contributed by atoms with van der Waals surface area (Å²) in [5, 5.41) is 1.86. The van der Waals surface area contributed by atoms with Gasteiger partial charge in [0.2, 0.25) is 0 Å². The SMILES string of the molecule is CN(C)n1c(CCl)nc2cc(Cl)c(F)cc21. The summed E-state index contributed by atoms with van der Waals surface area (Å²) in [4.78, 5) is 4.29. The molecular formula is C10H10Cl2FN3. The van der Waals surface area contributed by atoms with Crippen molar-refractivity contribution in [2.75, 3.05) is 19.1 Å². The molecule has 0 amide bonds. The zero-order chi connectivity index (χ0) is 11.9. The molecule has 1 aromatic carbocycles. The van der Waals surface area contributed by atoms with Gasteiger partial charge in [-0.1, -0.05) is 11.6 Å². The van der Waals surface area contributed by atoms with Gasteiger partial charge in [-0.05, 0) is 6.07 Å². The lowest BCUT2D eigenvalue weighted by Crippen LogP contribution is -2.26. The first kappa shape index (κ1) is 11.5. The summed E-state index contributed by atoms with van der Waals surface area (Å²) in [6, 6.07) is 2.86. The first-order valence-corrected chi connectivity index (χ1v) is 5.55. The van der Waals surface area contributed by atoms with Crippen LogP contribution in [0.3, 0.4) is 0 Å². The van der Waals surface area contributed by atoms with Gasteiger partial charge in [-0.3, -0.25) is 0 Å². The summed E-state index contributed by atoms with van der Waals surface area (Å²) in [5.74, 6) is 0.452. The van der Waals surface area contributed by atoms with E-state index in [0.29, 0.717) is 16.9 Å². The molecule has 1 heterocycles. The van der Waals surface area contributed by atoms with E-state index < -0.39 is 5.82 Å². The van der Waals surface area contributed by atoms with Gasteiger partial charge >= 0.3 is 0 Å². The second-order valence-corrected chi connectivity index (χ2v) is 4.25. The Labute approximate surface area is 102 Å². The highest BCUT2D eigenvalue weighted by atomic mass is 35.5. The first-order valence-electron chi connectivity index (χ1n) is 4.64. The molecule has 0 saturated heterocycles. The Morgan fingerprint density at radius 2 is 2.12 bits per heavy atom. The number of rotatable bonds is 2. The number of hydrogen-bond acceptors (Lipinski definition) is 2. The van der Waals surface area contributed by atoms with Gasteiger partial charge < -0.3 is 5.01 Å². The monoisotopic (exact) mass is 261 g/mol. The van der Waals surface area contributed by atoms with E-state index >= 15 is 0 Å². The fourth-order valence-electron chi connectivity index (χ4n) is 1.64. The standard InChI is InChI=1S/C10H10Cl2FN3/c1-15(2)16-9-4-7(13)6(12)3-8(9)14-10(16)5-11/h3-4H,5H2,1-2H3. The van der Waals surface area contributed by atoms with E-state index in [1.165, 1.54) is 12.1 Å². The van der Waals surface area contributed by atoms with E-state index in [-0.39, 0.29) is 10.9 Å². The number of nitrogens with zero attached hydrogens (tertiary/aromatic N) is 3. The number of imidazole rings is 1. The Hall–Kier alpha value is -1.00. The molecule has 0 unspecified atom stereocenters. The molecule has 0 aliphatic carbocycles. The van der Waals surface area contributed by atoms with Crippen molar-refractivity contribution in [2.24, 2.45) is 0 Å². The van der Waals surface area contributed by atoms with Crippen LogP contribution in [0.15, 0.2) is 12.1 Å². The summed E-state index contributed by atoms with van der Waals surface area (Å²) in [6.07, 6.45) is 0. The molecule has 0 aliphatic rings. The van der Waals surface area contributed by atoms with Crippen molar-refractivity contribution in [3.8, 4) is 0 Å². The van der Waals surface area contributed by atoms with Gasteiger partial charge in [0.1, 0.15) is 11.6 Å². The molecule has 16 heavy (non-hydrogen) atoms. The van der Waals surface area contributed by atoms with Crippen molar-refractivity contribution in [3.63, 3.8) is 0 Å². The maximum Gasteiger partial charge on any atom is 0.144 e. The van der Waals surface area contributed by atoms with Crippen LogP contribution in [0.1, 0.15) is 5.82 Å². The Morgan fingerprint density at radius 1 is 1.44 bits per heavy atom. The van der Waals surface area contributed by atoms with Crippen LogP contribution in [0.25, 0.3) is 11.0 Å².